The van der Waals surface area contributed by atoms with E-state index in [0.717, 1.165) is 6.42 Å². The van der Waals surface area contributed by atoms with Crippen LogP contribution < -0.4 is 0 Å². The van der Waals surface area contributed by atoms with Gasteiger partial charge in [0, 0.05) is 14.9 Å². The van der Waals surface area contributed by atoms with Crippen LogP contribution in [-0.2, 0) is 0 Å². The van der Waals surface area contributed by atoms with Gasteiger partial charge in [0.1, 0.15) is 0 Å². The Morgan fingerprint density at radius 2 is 2.10 bits per heavy atom. The van der Waals surface area contributed by atoms with E-state index in [2.05, 4.69) is 32.6 Å². The molecule has 0 aliphatic heterocycles. The molecule has 1 aliphatic carbocycles. The Hall–Kier alpha value is 0.0400. The maximum Gasteiger partial charge on any atom is 0.0491 e. The molecule has 0 aromatic rings. The molecule has 0 amide bonds. The van der Waals surface area contributed by atoms with Crippen LogP contribution in [0.5, 0.6) is 0 Å². The molecule has 0 saturated heterocycles. The normalized spacial score (nSPS) is 32.9. The van der Waals surface area contributed by atoms with E-state index in [1.54, 1.807) is 0 Å². The van der Waals surface area contributed by atoms with Gasteiger partial charge in [0.2, 0.25) is 0 Å². The first-order valence-electron chi connectivity index (χ1n) is 3.53. The Bertz CT molecular complexity index is 153. The van der Waals surface area contributed by atoms with Gasteiger partial charge in [-0.15, -0.1) is 0 Å². The van der Waals surface area contributed by atoms with E-state index in [1.165, 1.54) is 19.3 Å². The van der Waals surface area contributed by atoms with Crippen molar-refractivity contribution in [2.75, 3.05) is 0 Å². The molecule has 4 heteroatoms. The van der Waals surface area contributed by atoms with Gasteiger partial charge in [0.25, 0.3) is 0 Å². The Morgan fingerprint density at radius 1 is 1.40 bits per heavy atom. The molecule has 56 valence electrons. The van der Waals surface area contributed by atoms with Crippen molar-refractivity contribution >= 4 is 22.6 Å². The smallest absolute Gasteiger partial charge is 0.0491 e. The number of halogens is 1. The van der Waals surface area contributed by atoms with Gasteiger partial charge in [0.15, 0.2) is 0 Å². The summed E-state index contributed by atoms with van der Waals surface area (Å²) in [4.78, 5) is 2.83. The fourth-order valence-electron chi connectivity index (χ4n) is 1.26. The minimum atomic E-state index is 0.263. The summed E-state index contributed by atoms with van der Waals surface area (Å²) in [6.07, 6.45) is 4.82. The second-order valence-electron chi connectivity index (χ2n) is 2.57. The van der Waals surface area contributed by atoms with Crippen LogP contribution in [0.25, 0.3) is 10.4 Å². The van der Waals surface area contributed by atoms with Gasteiger partial charge in [-0.25, -0.2) is 0 Å². The van der Waals surface area contributed by atoms with Gasteiger partial charge in [-0.2, -0.15) is 0 Å². The monoisotopic (exact) mass is 251 g/mol. The number of hydrogen-bond acceptors (Lipinski definition) is 1. The minimum absolute atomic E-state index is 0.263. The molecule has 1 aliphatic rings. The molecule has 1 rings (SSSR count). The lowest BCUT2D eigenvalue weighted by Crippen LogP contribution is -2.21. The molecule has 0 aromatic carbocycles. The second kappa shape index (κ2) is 4.03. The van der Waals surface area contributed by atoms with Crippen LogP contribution in [-0.4, -0.2) is 9.97 Å². The van der Waals surface area contributed by atoms with Crippen molar-refractivity contribution in [1.82, 2.24) is 0 Å². The van der Waals surface area contributed by atoms with Crippen molar-refractivity contribution in [2.24, 2.45) is 5.11 Å². The predicted molar refractivity (Wildman–Crippen MR) is 49.2 cm³/mol. The summed E-state index contributed by atoms with van der Waals surface area (Å²) in [6, 6.07) is 0.263. The zero-order valence-corrected chi connectivity index (χ0v) is 7.86. The highest BCUT2D eigenvalue weighted by atomic mass is 127. The highest BCUT2D eigenvalue weighted by molar-refractivity contribution is 14.1. The van der Waals surface area contributed by atoms with Crippen LogP contribution in [0.1, 0.15) is 25.7 Å². The average molecular weight is 251 g/mol. The van der Waals surface area contributed by atoms with Crippen molar-refractivity contribution in [3.63, 3.8) is 0 Å². The van der Waals surface area contributed by atoms with E-state index in [4.69, 9.17) is 5.53 Å². The molecule has 1 saturated carbocycles. The average Bonchev–Trinajstić information content (AvgIpc) is 1.94. The van der Waals surface area contributed by atoms with Gasteiger partial charge in [-0.3, -0.25) is 0 Å². The van der Waals surface area contributed by atoms with Gasteiger partial charge >= 0.3 is 0 Å². The molecule has 10 heavy (non-hydrogen) atoms. The molecular formula is C6H10IN3. The number of hydrogen-bond donors (Lipinski definition) is 0. The van der Waals surface area contributed by atoms with Crippen molar-refractivity contribution < 1.29 is 0 Å². The zero-order chi connectivity index (χ0) is 7.40. The maximum absolute atomic E-state index is 8.19. The standard InChI is InChI=1S/C6H10IN3/c7-5-3-1-2-4-6(5)9-10-8/h5-6H,1-4H2/t5?,6-/m1/s1. The molecule has 0 aromatic heterocycles. The Balaban J connectivity index is 2.47. The van der Waals surface area contributed by atoms with Crippen LogP contribution in [0.4, 0.5) is 0 Å². The SMILES string of the molecule is [N-]=[N+]=N[C@@H]1CCCCC1I. The Kier molecular flexibility index (Phi) is 3.28. The summed E-state index contributed by atoms with van der Waals surface area (Å²) in [5.74, 6) is 0. The van der Waals surface area contributed by atoms with Crippen molar-refractivity contribution in [3.05, 3.63) is 10.4 Å². The third-order valence-corrected chi connectivity index (χ3v) is 3.30. The molecule has 2 atom stereocenters. The van der Waals surface area contributed by atoms with Gasteiger partial charge in [-0.1, -0.05) is 40.5 Å². The highest BCUT2D eigenvalue weighted by Gasteiger charge is 2.20. The maximum atomic E-state index is 8.19. The quantitative estimate of drug-likeness (QED) is 0.226. The summed E-state index contributed by atoms with van der Waals surface area (Å²) in [6.45, 7) is 0. The van der Waals surface area contributed by atoms with Crippen LogP contribution in [0.15, 0.2) is 5.11 Å². The van der Waals surface area contributed by atoms with Crippen LogP contribution in [0.3, 0.4) is 0 Å². The topological polar surface area (TPSA) is 48.8 Å². The lowest BCUT2D eigenvalue weighted by atomic mass is 9.96. The summed E-state index contributed by atoms with van der Waals surface area (Å²) >= 11 is 2.38. The lowest BCUT2D eigenvalue weighted by Gasteiger charge is -2.22. The van der Waals surface area contributed by atoms with Crippen molar-refractivity contribution in [3.8, 4) is 0 Å². The van der Waals surface area contributed by atoms with Gasteiger partial charge < -0.3 is 0 Å². The van der Waals surface area contributed by atoms with Crippen LogP contribution in [0, 0.1) is 0 Å². The molecule has 0 spiro atoms. The Labute approximate surface area is 74.0 Å². The van der Waals surface area contributed by atoms with Crippen LogP contribution >= 0.6 is 22.6 Å². The third kappa shape index (κ3) is 2.02. The van der Waals surface area contributed by atoms with E-state index < -0.39 is 0 Å². The zero-order valence-electron chi connectivity index (χ0n) is 5.70. The molecule has 0 heterocycles. The first-order valence-corrected chi connectivity index (χ1v) is 4.77. The third-order valence-electron chi connectivity index (χ3n) is 1.85. The molecule has 0 radical (unpaired) electrons. The van der Waals surface area contributed by atoms with E-state index in [9.17, 15) is 0 Å². The number of rotatable bonds is 1. The molecule has 0 N–H and O–H groups in total. The largest absolute Gasteiger partial charge is 0.0895 e. The molecule has 1 fully saturated rings. The fourth-order valence-corrected chi connectivity index (χ4v) is 2.21. The minimum Gasteiger partial charge on any atom is -0.0895 e. The molecule has 1 unspecified atom stereocenters. The van der Waals surface area contributed by atoms with E-state index >= 15 is 0 Å². The van der Waals surface area contributed by atoms with Crippen molar-refractivity contribution in [2.45, 2.75) is 35.6 Å². The molecule has 3 nitrogen and oxygen atoms in total. The second-order valence-corrected chi connectivity index (χ2v) is 4.17. The lowest BCUT2D eigenvalue weighted by molar-refractivity contribution is 0.463. The first-order chi connectivity index (χ1) is 4.84. The summed E-state index contributed by atoms with van der Waals surface area (Å²) in [7, 11) is 0. The predicted octanol–water partition coefficient (Wildman–Crippen LogP) is 3.04. The number of azide groups is 1. The van der Waals surface area contributed by atoms with Crippen LogP contribution in [0.2, 0.25) is 0 Å². The molecular weight excluding hydrogens is 241 g/mol. The number of alkyl halides is 1. The fraction of sp³-hybridized carbons (Fsp3) is 1.00. The summed E-state index contributed by atoms with van der Waals surface area (Å²) in [5.41, 5.74) is 8.19. The summed E-state index contributed by atoms with van der Waals surface area (Å²) < 4.78 is 0.572. The highest BCUT2D eigenvalue weighted by Crippen LogP contribution is 2.27. The Morgan fingerprint density at radius 3 is 2.70 bits per heavy atom. The van der Waals surface area contributed by atoms with Gasteiger partial charge in [0.05, 0.1) is 0 Å². The van der Waals surface area contributed by atoms with Gasteiger partial charge in [-0.05, 0) is 18.4 Å². The van der Waals surface area contributed by atoms with Crippen molar-refractivity contribution in [1.29, 1.82) is 0 Å². The van der Waals surface area contributed by atoms with E-state index in [1.807, 2.05) is 0 Å². The van der Waals surface area contributed by atoms with E-state index in [-0.39, 0.29) is 6.04 Å². The molecule has 0 bridgehead atoms. The first kappa shape index (κ1) is 8.14. The summed E-state index contributed by atoms with van der Waals surface area (Å²) in [5, 5.41) is 3.74. The number of nitrogens with zero attached hydrogens (tertiary/aromatic N) is 3. The van der Waals surface area contributed by atoms with E-state index in [0.29, 0.717) is 3.92 Å².